The third-order valence-electron chi connectivity index (χ3n) is 4.72. The topological polar surface area (TPSA) is 71.2 Å². The number of aryl methyl sites for hydroxylation is 1. The lowest BCUT2D eigenvalue weighted by Crippen LogP contribution is -2.45. The van der Waals surface area contributed by atoms with Gasteiger partial charge in [-0.15, -0.1) is 0 Å². The number of ether oxygens (including phenoxy) is 1. The first-order chi connectivity index (χ1) is 11.6. The van der Waals surface area contributed by atoms with Crippen molar-refractivity contribution in [2.24, 2.45) is 0 Å². The van der Waals surface area contributed by atoms with Crippen molar-refractivity contribution in [3.63, 3.8) is 0 Å². The number of aromatic amines is 1. The average molecular weight is 326 g/mol. The molecule has 1 aromatic heterocycles. The largest absolute Gasteiger partial charge is 0.381 e. The molecule has 1 aliphatic heterocycles. The molecule has 1 fully saturated rings. The van der Waals surface area contributed by atoms with Crippen LogP contribution in [0.25, 0.3) is 0 Å². The molecule has 1 saturated heterocycles. The van der Waals surface area contributed by atoms with E-state index in [1.54, 1.807) is 19.1 Å². The van der Waals surface area contributed by atoms with E-state index in [4.69, 9.17) is 4.74 Å². The van der Waals surface area contributed by atoms with Crippen LogP contribution in [-0.2, 0) is 10.2 Å². The maximum absolute atomic E-state index is 12.4. The Morgan fingerprint density at radius 1 is 1.17 bits per heavy atom. The summed E-state index contributed by atoms with van der Waals surface area (Å²) in [4.78, 5) is 27.0. The monoisotopic (exact) mass is 326 g/mol. The predicted molar refractivity (Wildman–Crippen MR) is 92.3 cm³/mol. The molecule has 0 radical (unpaired) electrons. The summed E-state index contributed by atoms with van der Waals surface area (Å²) in [6.07, 6.45) is 1.70. The second-order valence-electron chi connectivity index (χ2n) is 6.33. The van der Waals surface area contributed by atoms with E-state index in [0.29, 0.717) is 19.8 Å². The highest BCUT2D eigenvalue weighted by Crippen LogP contribution is 2.34. The molecule has 126 valence electrons. The van der Waals surface area contributed by atoms with E-state index in [9.17, 15) is 9.59 Å². The van der Waals surface area contributed by atoms with Crippen LogP contribution in [0.5, 0.6) is 0 Å². The number of benzene rings is 1. The number of pyridine rings is 1. The number of hydrogen-bond donors (Lipinski definition) is 2. The minimum Gasteiger partial charge on any atom is -0.381 e. The number of aromatic nitrogens is 1. The van der Waals surface area contributed by atoms with E-state index >= 15 is 0 Å². The first-order valence-electron chi connectivity index (χ1n) is 8.22. The zero-order valence-electron chi connectivity index (χ0n) is 13.8. The Morgan fingerprint density at radius 2 is 1.88 bits per heavy atom. The zero-order chi connectivity index (χ0) is 17.0. The molecule has 1 aliphatic rings. The smallest absolute Gasteiger partial charge is 0.260 e. The van der Waals surface area contributed by atoms with Gasteiger partial charge in [-0.05, 0) is 37.5 Å². The van der Waals surface area contributed by atoms with Gasteiger partial charge in [-0.3, -0.25) is 9.59 Å². The van der Waals surface area contributed by atoms with E-state index in [1.807, 2.05) is 18.2 Å². The summed E-state index contributed by atoms with van der Waals surface area (Å²) in [6.45, 7) is 3.63. The first kappa shape index (κ1) is 16.5. The molecule has 0 unspecified atom stereocenters. The Hall–Kier alpha value is -2.40. The van der Waals surface area contributed by atoms with E-state index < -0.39 is 0 Å². The lowest BCUT2D eigenvalue weighted by molar-refractivity contribution is 0.0487. The van der Waals surface area contributed by atoms with Crippen molar-refractivity contribution >= 4 is 5.91 Å². The molecule has 0 aliphatic carbocycles. The predicted octanol–water partition coefficient (Wildman–Crippen LogP) is 2.16. The molecular formula is C19H22N2O3. The first-order valence-corrected chi connectivity index (χ1v) is 8.22. The van der Waals surface area contributed by atoms with Gasteiger partial charge in [-0.25, -0.2) is 0 Å². The van der Waals surface area contributed by atoms with E-state index in [-0.39, 0.29) is 22.4 Å². The minimum absolute atomic E-state index is 0.146. The van der Waals surface area contributed by atoms with Crippen LogP contribution in [0.1, 0.15) is 34.5 Å². The summed E-state index contributed by atoms with van der Waals surface area (Å²) >= 11 is 0. The molecule has 0 saturated carbocycles. The summed E-state index contributed by atoms with van der Waals surface area (Å²) in [6, 6.07) is 13.5. The summed E-state index contributed by atoms with van der Waals surface area (Å²) in [5, 5.41) is 2.95. The second-order valence-corrected chi connectivity index (χ2v) is 6.33. The Labute approximate surface area is 141 Å². The molecule has 5 nitrogen and oxygen atoms in total. The van der Waals surface area contributed by atoms with Crippen molar-refractivity contribution in [1.82, 2.24) is 10.3 Å². The maximum Gasteiger partial charge on any atom is 0.260 e. The summed E-state index contributed by atoms with van der Waals surface area (Å²) in [7, 11) is 0. The van der Waals surface area contributed by atoms with Crippen molar-refractivity contribution in [1.29, 1.82) is 0 Å². The number of H-pyrrole nitrogens is 1. The van der Waals surface area contributed by atoms with Crippen LogP contribution in [0.15, 0.2) is 47.3 Å². The molecule has 2 aromatic rings. The summed E-state index contributed by atoms with van der Waals surface area (Å²) < 4.78 is 5.50. The highest BCUT2D eigenvalue weighted by atomic mass is 16.5. The lowest BCUT2D eigenvalue weighted by atomic mass is 9.74. The number of amides is 1. The van der Waals surface area contributed by atoms with Crippen molar-refractivity contribution in [3.05, 3.63) is 69.6 Å². The van der Waals surface area contributed by atoms with Crippen molar-refractivity contribution in [2.75, 3.05) is 19.8 Å². The Morgan fingerprint density at radius 3 is 2.54 bits per heavy atom. The second kappa shape index (κ2) is 7.01. The highest BCUT2D eigenvalue weighted by Gasteiger charge is 2.34. The quantitative estimate of drug-likeness (QED) is 0.904. The average Bonchev–Trinajstić information content (AvgIpc) is 2.61. The van der Waals surface area contributed by atoms with Gasteiger partial charge >= 0.3 is 0 Å². The Balaban J connectivity index is 1.79. The fourth-order valence-corrected chi connectivity index (χ4v) is 3.22. The van der Waals surface area contributed by atoms with E-state index in [0.717, 1.165) is 18.5 Å². The number of carbonyl (C=O) groups is 1. The normalized spacial score (nSPS) is 16.5. The van der Waals surface area contributed by atoms with Crippen LogP contribution in [-0.4, -0.2) is 30.6 Å². The molecule has 0 spiro atoms. The van der Waals surface area contributed by atoms with Gasteiger partial charge in [0.25, 0.3) is 11.5 Å². The third-order valence-corrected chi connectivity index (χ3v) is 4.72. The fraction of sp³-hybridized carbons (Fsp3) is 0.368. The van der Waals surface area contributed by atoms with Crippen LogP contribution in [0, 0.1) is 6.92 Å². The molecule has 3 rings (SSSR count). The van der Waals surface area contributed by atoms with Crippen molar-refractivity contribution < 1.29 is 9.53 Å². The maximum atomic E-state index is 12.4. The molecule has 24 heavy (non-hydrogen) atoms. The van der Waals surface area contributed by atoms with Crippen molar-refractivity contribution in [3.8, 4) is 0 Å². The molecule has 0 bridgehead atoms. The molecule has 1 aromatic carbocycles. The van der Waals surface area contributed by atoms with Gasteiger partial charge in [0.15, 0.2) is 0 Å². The Bertz CT molecular complexity index is 762. The SMILES string of the molecule is Cc1ccc(C(=O)NCC2(c3ccccc3)CCOCC2)c(=O)[nH]1. The molecule has 5 heteroatoms. The third kappa shape index (κ3) is 3.41. The van der Waals surface area contributed by atoms with Gasteiger partial charge in [-0.1, -0.05) is 30.3 Å². The highest BCUT2D eigenvalue weighted by molar-refractivity contribution is 5.93. The van der Waals surface area contributed by atoms with Gasteiger partial charge in [0.2, 0.25) is 0 Å². The number of nitrogens with one attached hydrogen (secondary N) is 2. The van der Waals surface area contributed by atoms with Crippen LogP contribution in [0.2, 0.25) is 0 Å². The van der Waals surface area contributed by atoms with Gasteiger partial charge in [-0.2, -0.15) is 0 Å². The molecule has 2 heterocycles. The van der Waals surface area contributed by atoms with Crippen LogP contribution in [0.4, 0.5) is 0 Å². The Kier molecular flexibility index (Phi) is 4.81. The molecule has 2 N–H and O–H groups in total. The van der Waals surface area contributed by atoms with Gasteiger partial charge in [0.05, 0.1) is 0 Å². The van der Waals surface area contributed by atoms with Gasteiger partial charge in [0.1, 0.15) is 5.56 Å². The summed E-state index contributed by atoms with van der Waals surface area (Å²) in [5.74, 6) is -0.335. The van der Waals surface area contributed by atoms with Gasteiger partial charge < -0.3 is 15.0 Å². The van der Waals surface area contributed by atoms with Crippen LogP contribution < -0.4 is 10.9 Å². The number of rotatable bonds is 4. The summed E-state index contributed by atoms with van der Waals surface area (Å²) in [5.41, 5.74) is 1.59. The standard InChI is InChI=1S/C19H22N2O3/c1-14-7-8-16(18(23)21-14)17(22)20-13-19(9-11-24-12-10-19)15-5-3-2-4-6-15/h2-8H,9-13H2,1H3,(H,20,22)(H,21,23). The zero-order valence-corrected chi connectivity index (χ0v) is 13.8. The lowest BCUT2D eigenvalue weighted by Gasteiger charge is -2.38. The van der Waals surface area contributed by atoms with E-state index in [1.165, 1.54) is 5.56 Å². The van der Waals surface area contributed by atoms with Crippen LogP contribution in [0.3, 0.4) is 0 Å². The number of carbonyl (C=O) groups excluding carboxylic acids is 1. The van der Waals surface area contributed by atoms with Gasteiger partial charge in [0, 0.05) is 30.9 Å². The minimum atomic E-state index is -0.353. The fourth-order valence-electron chi connectivity index (χ4n) is 3.22. The van der Waals surface area contributed by atoms with E-state index in [2.05, 4.69) is 22.4 Å². The molecule has 0 atom stereocenters. The molecule has 1 amide bonds. The number of hydrogen-bond acceptors (Lipinski definition) is 3. The van der Waals surface area contributed by atoms with Crippen LogP contribution >= 0.6 is 0 Å². The molecular weight excluding hydrogens is 304 g/mol. The van der Waals surface area contributed by atoms with Crippen molar-refractivity contribution in [2.45, 2.75) is 25.2 Å².